The topological polar surface area (TPSA) is 160 Å². The number of hydrogen-bond acceptors (Lipinski definition) is 9. The van der Waals surface area contributed by atoms with E-state index in [1.54, 1.807) is 6.07 Å². The van der Waals surface area contributed by atoms with E-state index in [4.69, 9.17) is 9.47 Å². The molecule has 2 fully saturated rings. The summed E-state index contributed by atoms with van der Waals surface area (Å²) in [6, 6.07) is 12.8. The number of hydrogen-bond donors (Lipinski definition) is 3. The Kier molecular flexibility index (Phi) is 11.7. The van der Waals surface area contributed by atoms with Gasteiger partial charge in [0.25, 0.3) is 10.0 Å². The summed E-state index contributed by atoms with van der Waals surface area (Å²) in [6.45, 7) is 17.0. The van der Waals surface area contributed by atoms with Crippen molar-refractivity contribution in [3.8, 4) is 17.1 Å². The number of anilines is 1. The van der Waals surface area contributed by atoms with Crippen molar-refractivity contribution in [2.45, 2.75) is 109 Å². The highest BCUT2D eigenvalue weighted by atomic mass is 35.5. The number of nitrogens with one attached hydrogen (secondary N) is 2. The zero-order chi connectivity index (χ0) is 36.6. The lowest BCUT2D eigenvalue weighted by atomic mass is 9.64. The van der Waals surface area contributed by atoms with Gasteiger partial charge in [0.15, 0.2) is 0 Å². The number of rotatable bonds is 11. The lowest BCUT2D eigenvalue weighted by Crippen LogP contribution is -2.72. The highest BCUT2D eigenvalue weighted by Crippen LogP contribution is 2.48. The maximum Gasteiger partial charge on any atom is 0.410 e. The highest BCUT2D eigenvalue weighted by molar-refractivity contribution is 7.92. The van der Waals surface area contributed by atoms with E-state index in [2.05, 4.69) is 40.8 Å². The Morgan fingerprint density at radius 1 is 1.02 bits per heavy atom. The van der Waals surface area contributed by atoms with Crippen LogP contribution in [0.15, 0.2) is 53.4 Å². The molecule has 12 nitrogen and oxygen atoms in total. The summed E-state index contributed by atoms with van der Waals surface area (Å²) in [7, 11) is -4.24. The maximum absolute atomic E-state index is 13.4. The Labute approximate surface area is 307 Å². The maximum atomic E-state index is 13.4. The fourth-order valence-electron chi connectivity index (χ4n) is 6.83. The first kappa shape index (κ1) is 39.8. The van der Waals surface area contributed by atoms with Gasteiger partial charge in [-0.25, -0.2) is 27.7 Å². The molecule has 1 saturated carbocycles. The molecule has 2 heterocycles. The van der Waals surface area contributed by atoms with E-state index in [1.807, 2.05) is 57.7 Å². The molecule has 0 unspecified atom stereocenters. The van der Waals surface area contributed by atoms with Crippen LogP contribution in [0.5, 0.6) is 5.88 Å². The summed E-state index contributed by atoms with van der Waals surface area (Å²) in [5, 5.41) is 13.2. The van der Waals surface area contributed by atoms with Crippen molar-refractivity contribution in [2.75, 3.05) is 17.9 Å². The van der Waals surface area contributed by atoms with Gasteiger partial charge < -0.3 is 24.8 Å². The number of likely N-dealkylation sites (tertiary alicyclic amines) is 1. The smallest absolute Gasteiger partial charge is 0.410 e. The van der Waals surface area contributed by atoms with Crippen molar-refractivity contribution in [3.05, 3.63) is 65.2 Å². The van der Waals surface area contributed by atoms with Crippen LogP contribution in [0.4, 0.5) is 10.7 Å². The first-order valence-electron chi connectivity index (χ1n) is 16.9. The van der Waals surface area contributed by atoms with Crippen LogP contribution in [0, 0.1) is 19.3 Å². The molecule has 1 saturated heterocycles. The molecule has 14 heteroatoms. The number of halogens is 1. The molecule has 2 aliphatic rings. The number of carbonyl (C=O) groups excluding carboxylic acids is 1. The minimum absolute atomic E-state index is 0. The van der Waals surface area contributed by atoms with Crippen LogP contribution in [0.2, 0.25) is 0 Å². The monoisotopic (exact) mass is 743 g/mol. The van der Waals surface area contributed by atoms with E-state index >= 15 is 0 Å². The molecule has 0 bridgehead atoms. The number of carboxylic acid groups (broad SMARTS) is 1. The first-order valence-corrected chi connectivity index (χ1v) is 18.4. The minimum atomic E-state index is -4.24. The van der Waals surface area contributed by atoms with Gasteiger partial charge in [-0.15, -0.1) is 12.4 Å². The van der Waals surface area contributed by atoms with Gasteiger partial charge in [-0.3, -0.25) is 0 Å². The summed E-state index contributed by atoms with van der Waals surface area (Å²) < 4.78 is 41.2. The predicted molar refractivity (Wildman–Crippen MR) is 198 cm³/mol. The Balaban J connectivity index is 0.00000583. The number of aromatic nitrogens is 2. The average molecular weight is 744 g/mol. The molecule has 5 rings (SSSR count). The van der Waals surface area contributed by atoms with Crippen molar-refractivity contribution in [1.82, 2.24) is 20.2 Å². The van der Waals surface area contributed by atoms with Crippen LogP contribution in [0.25, 0.3) is 11.3 Å². The number of nitrogens with zero attached hydrogens (tertiary/aromatic N) is 3. The van der Waals surface area contributed by atoms with Gasteiger partial charge >= 0.3 is 12.1 Å². The van der Waals surface area contributed by atoms with E-state index < -0.39 is 21.6 Å². The van der Waals surface area contributed by atoms with Crippen LogP contribution in [0.3, 0.4) is 0 Å². The van der Waals surface area contributed by atoms with Gasteiger partial charge in [0.2, 0.25) is 11.8 Å². The van der Waals surface area contributed by atoms with E-state index in [9.17, 15) is 23.1 Å². The third kappa shape index (κ3) is 9.69. The van der Waals surface area contributed by atoms with E-state index in [0.29, 0.717) is 12.2 Å². The molecular weight excluding hydrogens is 694 g/mol. The molecule has 1 amide bonds. The predicted octanol–water partition coefficient (Wildman–Crippen LogP) is 7.00. The second-order valence-electron chi connectivity index (χ2n) is 15.8. The number of ether oxygens (including phenoxy) is 2. The summed E-state index contributed by atoms with van der Waals surface area (Å²) in [6.07, 6.45) is 3.13. The standard InChI is InChI=1S/C37H49N5O7S.ClH/c1-23-11-9-12-24(2)31(23)29-18-30(40-33(39-29)41-50(46,47)28-14-10-13-25(17-28)32(43)44)48-22-27(19-35(3,4)5)38-26-20-37(21-26)15-16-42(37)34(45)49-36(6,7)8;/h9-14,17-18,26-27,38H,15-16,19-22H2,1-8H3,(H,43,44)(H,39,40,41);1H/t26?,27-,37?;/m1./s1. The van der Waals surface area contributed by atoms with Gasteiger partial charge in [0.05, 0.1) is 21.7 Å². The average Bonchev–Trinajstić information content (AvgIpc) is 2.94. The first-order chi connectivity index (χ1) is 23.2. The van der Waals surface area contributed by atoms with Crippen molar-refractivity contribution < 1.29 is 32.6 Å². The third-order valence-electron chi connectivity index (χ3n) is 9.06. The molecule has 2 aromatic carbocycles. The molecule has 0 radical (unpaired) electrons. The second kappa shape index (κ2) is 15.0. The van der Waals surface area contributed by atoms with Crippen molar-refractivity contribution >= 4 is 40.4 Å². The number of aryl methyl sites for hydroxylation is 2. The molecule has 1 aromatic heterocycles. The number of sulfonamides is 1. The SMILES string of the molecule is Cc1cccc(C)c1-c1cc(OC[C@@H](CC(C)(C)C)NC2CC3(CCN3C(=O)OC(C)(C)C)C2)nc(NS(=O)(=O)c2cccc(C(=O)O)c2)n1.Cl. The molecule has 3 aromatic rings. The lowest BCUT2D eigenvalue weighted by molar-refractivity contribution is -0.0940. The normalized spacial score (nSPS) is 19.3. The largest absolute Gasteiger partial charge is 0.478 e. The molecule has 1 spiro atoms. The van der Waals surface area contributed by atoms with Crippen molar-refractivity contribution in [3.63, 3.8) is 0 Å². The molecule has 278 valence electrons. The Hall–Kier alpha value is -3.94. The summed E-state index contributed by atoms with van der Waals surface area (Å²) in [4.78, 5) is 35.0. The van der Waals surface area contributed by atoms with Crippen molar-refractivity contribution in [1.29, 1.82) is 0 Å². The quantitative estimate of drug-likeness (QED) is 0.187. The molecular formula is C37H50ClN5O7S. The van der Waals surface area contributed by atoms with Gasteiger partial charge in [0, 0.05) is 30.3 Å². The van der Waals surface area contributed by atoms with Crippen LogP contribution >= 0.6 is 12.4 Å². The Morgan fingerprint density at radius 2 is 1.67 bits per heavy atom. The molecule has 1 atom stereocenters. The van der Waals surface area contributed by atoms with E-state index in [0.717, 1.165) is 48.4 Å². The van der Waals surface area contributed by atoms with Gasteiger partial charge in [-0.2, -0.15) is 4.98 Å². The minimum Gasteiger partial charge on any atom is -0.478 e. The zero-order valence-electron chi connectivity index (χ0n) is 30.6. The number of aromatic carboxylic acids is 1. The second-order valence-corrected chi connectivity index (χ2v) is 17.5. The van der Waals surface area contributed by atoms with E-state index in [-0.39, 0.29) is 70.4 Å². The number of carboxylic acids is 1. The van der Waals surface area contributed by atoms with Gasteiger partial charge in [-0.05, 0) is 95.0 Å². The van der Waals surface area contributed by atoms with Crippen LogP contribution < -0.4 is 14.8 Å². The highest BCUT2D eigenvalue weighted by Gasteiger charge is 2.57. The van der Waals surface area contributed by atoms with Crippen LogP contribution in [0.1, 0.15) is 88.7 Å². The zero-order valence-corrected chi connectivity index (χ0v) is 32.2. The van der Waals surface area contributed by atoms with E-state index in [1.165, 1.54) is 18.2 Å². The molecule has 1 aliphatic heterocycles. The molecule has 3 N–H and O–H groups in total. The summed E-state index contributed by atoms with van der Waals surface area (Å²) in [5.41, 5.74) is 2.29. The Bertz CT molecular complexity index is 1850. The van der Waals surface area contributed by atoms with Gasteiger partial charge in [-0.1, -0.05) is 45.0 Å². The number of carbonyl (C=O) groups is 2. The number of benzene rings is 2. The van der Waals surface area contributed by atoms with Crippen LogP contribution in [-0.4, -0.2) is 76.8 Å². The number of amides is 1. The summed E-state index contributed by atoms with van der Waals surface area (Å²) >= 11 is 0. The van der Waals surface area contributed by atoms with Crippen LogP contribution in [-0.2, 0) is 14.8 Å². The fraction of sp³-hybridized carbons (Fsp3) is 0.514. The lowest BCUT2D eigenvalue weighted by Gasteiger charge is -2.61. The Morgan fingerprint density at radius 3 is 2.24 bits per heavy atom. The molecule has 1 aliphatic carbocycles. The fourth-order valence-corrected chi connectivity index (χ4v) is 7.82. The third-order valence-corrected chi connectivity index (χ3v) is 10.4. The van der Waals surface area contributed by atoms with Gasteiger partial charge in [0.1, 0.15) is 12.2 Å². The summed E-state index contributed by atoms with van der Waals surface area (Å²) in [5.74, 6) is -1.25. The molecule has 51 heavy (non-hydrogen) atoms. The van der Waals surface area contributed by atoms with Crippen molar-refractivity contribution in [2.24, 2.45) is 5.41 Å².